The van der Waals surface area contributed by atoms with Gasteiger partial charge in [-0.25, -0.2) is 0 Å². The molecule has 124 valence electrons. The minimum absolute atomic E-state index is 0.0100. The van der Waals surface area contributed by atoms with Crippen molar-refractivity contribution >= 4 is 5.78 Å². The van der Waals surface area contributed by atoms with Gasteiger partial charge < -0.3 is 10.2 Å². The second-order valence-electron chi connectivity index (χ2n) is 8.43. The maximum atomic E-state index is 13.6. The van der Waals surface area contributed by atoms with Gasteiger partial charge in [0.2, 0.25) is 0 Å². The lowest BCUT2D eigenvalue weighted by atomic mass is 9.53. The average molecular weight is 306 g/mol. The Morgan fingerprint density at radius 1 is 0.864 bits per heavy atom. The highest BCUT2D eigenvalue weighted by atomic mass is 16.3. The van der Waals surface area contributed by atoms with E-state index in [2.05, 4.69) is 27.7 Å². The molecule has 0 aliphatic heterocycles. The quantitative estimate of drug-likeness (QED) is 0.784. The van der Waals surface area contributed by atoms with E-state index in [0.717, 1.165) is 11.1 Å². The van der Waals surface area contributed by atoms with E-state index in [1.165, 1.54) is 0 Å². The highest BCUT2D eigenvalue weighted by Crippen LogP contribution is 2.61. The first-order chi connectivity index (χ1) is 9.99. The van der Waals surface area contributed by atoms with E-state index in [4.69, 9.17) is 0 Å². The van der Waals surface area contributed by atoms with Gasteiger partial charge in [0.25, 0.3) is 0 Å². The largest absolute Gasteiger partial charge is 0.392 e. The lowest BCUT2D eigenvalue weighted by Gasteiger charge is -2.48. The summed E-state index contributed by atoms with van der Waals surface area (Å²) in [7, 11) is 0. The minimum atomic E-state index is -0.518. The van der Waals surface area contributed by atoms with Gasteiger partial charge in [0.1, 0.15) is 5.78 Å². The number of rotatable bonds is 4. The van der Waals surface area contributed by atoms with E-state index in [-0.39, 0.29) is 29.8 Å². The molecule has 0 spiro atoms. The Bertz CT molecular complexity index is 505. The molecule has 0 heterocycles. The van der Waals surface area contributed by atoms with Gasteiger partial charge in [-0.1, -0.05) is 53.7 Å². The SMILES string of the molecule is CC1(C)C(CO)=CCC1(C)C(=O)C1(C)CC=C(CO)C1(C)C. The smallest absolute Gasteiger partial charge is 0.146 e. The van der Waals surface area contributed by atoms with Crippen LogP contribution in [-0.4, -0.2) is 29.2 Å². The molecule has 0 amide bonds. The van der Waals surface area contributed by atoms with Gasteiger partial charge in [-0.3, -0.25) is 4.79 Å². The highest BCUT2D eigenvalue weighted by molar-refractivity contribution is 5.93. The Hall–Kier alpha value is -0.930. The fraction of sp³-hybridized carbons (Fsp3) is 0.737. The van der Waals surface area contributed by atoms with Crippen molar-refractivity contribution < 1.29 is 15.0 Å². The van der Waals surface area contributed by atoms with Gasteiger partial charge in [-0.05, 0) is 24.0 Å². The zero-order valence-corrected chi connectivity index (χ0v) is 14.8. The summed E-state index contributed by atoms with van der Waals surface area (Å²) in [5, 5.41) is 19.2. The summed E-state index contributed by atoms with van der Waals surface area (Å²) in [6.07, 6.45) is 5.41. The van der Waals surface area contributed by atoms with E-state index >= 15 is 0 Å². The number of allylic oxidation sites excluding steroid dienone is 2. The van der Waals surface area contributed by atoms with Crippen LogP contribution >= 0.6 is 0 Å². The number of Topliss-reactive ketones (excluding diaryl/α,β-unsaturated/α-hetero) is 1. The first kappa shape index (κ1) is 17.4. The van der Waals surface area contributed by atoms with Crippen molar-refractivity contribution in [3.8, 4) is 0 Å². The highest BCUT2D eigenvalue weighted by Gasteiger charge is 2.61. The Morgan fingerprint density at radius 2 is 1.18 bits per heavy atom. The van der Waals surface area contributed by atoms with Crippen LogP contribution in [0.4, 0.5) is 0 Å². The number of ketones is 1. The van der Waals surface area contributed by atoms with Crippen LogP contribution in [0.25, 0.3) is 0 Å². The standard InChI is InChI=1S/C19H30O3/c1-16(2)13(11-20)7-9-18(16,5)15(22)19(6)10-8-14(12-21)17(19,3)4/h7-8,20-21H,9-12H2,1-6H3. The molecule has 0 bridgehead atoms. The van der Waals surface area contributed by atoms with Crippen molar-refractivity contribution in [2.45, 2.75) is 54.4 Å². The second-order valence-corrected chi connectivity index (χ2v) is 8.43. The number of carbonyl (C=O) groups is 1. The molecule has 0 aromatic rings. The first-order valence-corrected chi connectivity index (χ1v) is 8.14. The van der Waals surface area contributed by atoms with Gasteiger partial charge in [-0.2, -0.15) is 0 Å². The molecule has 0 aromatic heterocycles. The summed E-state index contributed by atoms with van der Waals surface area (Å²) >= 11 is 0. The van der Waals surface area contributed by atoms with Crippen LogP contribution in [0, 0.1) is 21.7 Å². The lowest BCUT2D eigenvalue weighted by Crippen LogP contribution is -2.52. The number of aliphatic hydroxyl groups excluding tert-OH is 2. The number of aliphatic hydroxyl groups is 2. The Kier molecular flexibility index (Phi) is 3.99. The van der Waals surface area contributed by atoms with Crippen LogP contribution in [0.5, 0.6) is 0 Å². The van der Waals surface area contributed by atoms with Crippen molar-refractivity contribution in [3.63, 3.8) is 0 Å². The maximum absolute atomic E-state index is 13.6. The van der Waals surface area contributed by atoms with E-state index in [1.807, 2.05) is 26.0 Å². The molecule has 2 aliphatic rings. The zero-order valence-electron chi connectivity index (χ0n) is 14.8. The first-order valence-electron chi connectivity index (χ1n) is 8.14. The predicted octanol–water partition coefficient (Wildman–Crippen LogP) is 3.27. The molecule has 0 saturated carbocycles. The Morgan fingerprint density at radius 3 is 1.41 bits per heavy atom. The third-order valence-corrected chi connectivity index (χ3v) is 7.22. The summed E-state index contributed by atoms with van der Waals surface area (Å²) in [5.74, 6) is 0.245. The van der Waals surface area contributed by atoms with Crippen molar-refractivity contribution in [3.05, 3.63) is 23.3 Å². The molecule has 3 nitrogen and oxygen atoms in total. The van der Waals surface area contributed by atoms with E-state index in [0.29, 0.717) is 12.8 Å². The molecule has 2 atom stereocenters. The maximum Gasteiger partial charge on any atom is 0.146 e. The number of hydrogen-bond acceptors (Lipinski definition) is 3. The molecule has 0 radical (unpaired) electrons. The third-order valence-electron chi connectivity index (χ3n) is 7.22. The minimum Gasteiger partial charge on any atom is -0.392 e. The Labute approximate surface area is 134 Å². The zero-order chi connectivity index (χ0) is 17.0. The van der Waals surface area contributed by atoms with Gasteiger partial charge in [0, 0.05) is 21.7 Å². The van der Waals surface area contributed by atoms with Crippen LogP contribution < -0.4 is 0 Å². The molecule has 2 aliphatic carbocycles. The topological polar surface area (TPSA) is 57.5 Å². The van der Waals surface area contributed by atoms with Gasteiger partial charge in [-0.15, -0.1) is 0 Å². The van der Waals surface area contributed by atoms with Crippen LogP contribution in [-0.2, 0) is 4.79 Å². The molecule has 2 N–H and O–H groups in total. The molecule has 0 saturated heterocycles. The fourth-order valence-corrected chi connectivity index (χ4v) is 4.27. The molecule has 22 heavy (non-hydrogen) atoms. The summed E-state index contributed by atoms with van der Waals surface area (Å²) in [6, 6.07) is 0. The summed E-state index contributed by atoms with van der Waals surface area (Å²) in [4.78, 5) is 13.6. The van der Waals surface area contributed by atoms with Gasteiger partial charge in [0.15, 0.2) is 0 Å². The second kappa shape index (κ2) is 5.04. The summed E-state index contributed by atoms with van der Waals surface area (Å²) in [6.45, 7) is 12.3. The molecule has 2 unspecified atom stereocenters. The Balaban J connectivity index is 2.42. The monoisotopic (exact) mass is 306 g/mol. The van der Waals surface area contributed by atoms with Crippen molar-refractivity contribution in [1.29, 1.82) is 0 Å². The molecule has 0 aromatic carbocycles. The summed E-state index contributed by atoms with van der Waals surface area (Å²) < 4.78 is 0. The fourth-order valence-electron chi connectivity index (χ4n) is 4.27. The molecule has 0 fully saturated rings. The van der Waals surface area contributed by atoms with Crippen LogP contribution in [0.2, 0.25) is 0 Å². The number of hydrogen-bond donors (Lipinski definition) is 2. The number of carbonyl (C=O) groups excluding carboxylic acids is 1. The van der Waals surface area contributed by atoms with E-state index in [1.54, 1.807) is 0 Å². The van der Waals surface area contributed by atoms with Crippen LogP contribution in [0.1, 0.15) is 54.4 Å². The van der Waals surface area contributed by atoms with Crippen LogP contribution in [0.3, 0.4) is 0 Å². The predicted molar refractivity (Wildman–Crippen MR) is 88.4 cm³/mol. The van der Waals surface area contributed by atoms with E-state index in [9.17, 15) is 15.0 Å². The van der Waals surface area contributed by atoms with Crippen molar-refractivity contribution in [2.24, 2.45) is 21.7 Å². The van der Waals surface area contributed by atoms with Crippen molar-refractivity contribution in [2.75, 3.05) is 13.2 Å². The molecular formula is C19H30O3. The normalized spacial score (nSPS) is 36.2. The average Bonchev–Trinajstić information content (AvgIpc) is 2.82. The lowest BCUT2D eigenvalue weighted by molar-refractivity contribution is -0.146. The van der Waals surface area contributed by atoms with Crippen LogP contribution in [0.15, 0.2) is 23.3 Å². The third kappa shape index (κ3) is 1.91. The van der Waals surface area contributed by atoms with Gasteiger partial charge >= 0.3 is 0 Å². The van der Waals surface area contributed by atoms with Crippen molar-refractivity contribution in [1.82, 2.24) is 0 Å². The molecular weight excluding hydrogens is 276 g/mol. The van der Waals surface area contributed by atoms with E-state index < -0.39 is 10.8 Å². The summed E-state index contributed by atoms with van der Waals surface area (Å²) in [5.41, 5.74) is 0.182. The van der Waals surface area contributed by atoms with Gasteiger partial charge in [0.05, 0.1) is 13.2 Å². The molecule has 3 heteroatoms. The molecule has 2 rings (SSSR count).